The van der Waals surface area contributed by atoms with Gasteiger partial charge in [0.1, 0.15) is 13.2 Å². The van der Waals surface area contributed by atoms with Crippen molar-refractivity contribution < 1.29 is 14.3 Å². The quantitative estimate of drug-likeness (QED) is 0.744. The normalized spacial score (nSPS) is 12.7. The molecule has 27 heavy (non-hydrogen) atoms. The van der Waals surface area contributed by atoms with E-state index in [2.05, 4.69) is 10.2 Å². The Labute approximate surface area is 161 Å². The van der Waals surface area contributed by atoms with Crippen molar-refractivity contribution in [1.29, 1.82) is 0 Å². The van der Waals surface area contributed by atoms with Crippen molar-refractivity contribution in [2.45, 2.75) is 6.54 Å². The number of rotatable bonds is 4. The van der Waals surface area contributed by atoms with Gasteiger partial charge in [0.2, 0.25) is 0 Å². The van der Waals surface area contributed by atoms with E-state index >= 15 is 0 Å². The summed E-state index contributed by atoms with van der Waals surface area (Å²) in [4.78, 5) is 14.6. The molecule has 0 aliphatic carbocycles. The van der Waals surface area contributed by atoms with E-state index in [-0.39, 0.29) is 5.91 Å². The van der Waals surface area contributed by atoms with Crippen LogP contribution in [0.5, 0.6) is 11.5 Å². The fraction of sp³-hybridized carbons (Fsp3) is 0.200. The molecule has 0 bridgehead atoms. The molecule has 2 aromatic carbocycles. The van der Waals surface area contributed by atoms with Crippen LogP contribution in [-0.2, 0) is 6.54 Å². The first kappa shape index (κ1) is 17.4. The number of amides is 1. The molecule has 0 spiro atoms. The number of carbonyl (C=O) groups is 1. The Morgan fingerprint density at radius 2 is 2.00 bits per heavy atom. The van der Waals surface area contributed by atoms with Crippen LogP contribution in [0.3, 0.4) is 0 Å². The van der Waals surface area contributed by atoms with Crippen LogP contribution >= 0.6 is 11.6 Å². The number of nitrogens with zero attached hydrogens (tertiary/aromatic N) is 2. The van der Waals surface area contributed by atoms with Gasteiger partial charge in [0.25, 0.3) is 5.91 Å². The highest BCUT2D eigenvalue weighted by molar-refractivity contribution is 6.30. The van der Waals surface area contributed by atoms with Gasteiger partial charge in [-0.25, -0.2) is 0 Å². The van der Waals surface area contributed by atoms with Crippen molar-refractivity contribution in [3.63, 3.8) is 0 Å². The molecule has 0 atom stereocenters. The van der Waals surface area contributed by atoms with E-state index in [1.807, 2.05) is 42.5 Å². The number of aromatic nitrogens is 2. The van der Waals surface area contributed by atoms with Crippen LogP contribution in [0.2, 0.25) is 5.02 Å². The average molecular weight is 384 g/mol. The second-order valence-corrected chi connectivity index (χ2v) is 6.74. The van der Waals surface area contributed by atoms with Crippen LogP contribution in [-0.4, -0.2) is 41.3 Å². The summed E-state index contributed by atoms with van der Waals surface area (Å²) in [5.74, 6) is 1.24. The zero-order valence-electron chi connectivity index (χ0n) is 14.7. The molecule has 1 aliphatic rings. The number of nitrogens with one attached hydrogen (secondary N) is 1. The lowest BCUT2D eigenvalue weighted by Crippen LogP contribution is -2.26. The maximum Gasteiger partial charge on any atom is 0.257 e. The predicted octanol–water partition coefficient (Wildman–Crippen LogP) is 3.77. The third-order valence-electron chi connectivity index (χ3n) is 4.36. The second kappa shape index (κ2) is 7.32. The Morgan fingerprint density at radius 1 is 1.19 bits per heavy atom. The Morgan fingerprint density at radius 3 is 2.81 bits per heavy atom. The van der Waals surface area contributed by atoms with Crippen LogP contribution < -0.4 is 9.47 Å². The maximum atomic E-state index is 13.0. The summed E-state index contributed by atoms with van der Waals surface area (Å²) in [5.41, 5.74) is 2.92. The van der Waals surface area contributed by atoms with Crippen LogP contribution in [0, 0.1) is 0 Å². The number of carbonyl (C=O) groups excluding carboxylic acids is 1. The summed E-state index contributed by atoms with van der Waals surface area (Å²) in [6.45, 7) is 1.49. The molecule has 1 amide bonds. The van der Waals surface area contributed by atoms with Crippen molar-refractivity contribution in [3.05, 3.63) is 64.8 Å². The fourth-order valence-corrected chi connectivity index (χ4v) is 3.27. The monoisotopic (exact) mass is 383 g/mol. The second-order valence-electron chi connectivity index (χ2n) is 6.31. The number of hydrogen-bond acceptors (Lipinski definition) is 4. The molecule has 3 aromatic rings. The van der Waals surface area contributed by atoms with Gasteiger partial charge in [-0.3, -0.25) is 9.89 Å². The molecule has 138 valence electrons. The van der Waals surface area contributed by atoms with Crippen molar-refractivity contribution in [1.82, 2.24) is 15.1 Å². The third-order valence-corrected chi connectivity index (χ3v) is 4.59. The zero-order chi connectivity index (χ0) is 18.8. The number of H-pyrrole nitrogens is 1. The summed E-state index contributed by atoms with van der Waals surface area (Å²) in [6.07, 6.45) is 1.54. The smallest absolute Gasteiger partial charge is 0.257 e. The lowest BCUT2D eigenvalue weighted by Gasteiger charge is -2.19. The molecule has 2 heterocycles. The first-order valence-electron chi connectivity index (χ1n) is 8.55. The summed E-state index contributed by atoms with van der Waals surface area (Å²) in [5, 5.41) is 7.64. The van der Waals surface area contributed by atoms with Gasteiger partial charge in [-0.1, -0.05) is 23.7 Å². The molecule has 7 heteroatoms. The zero-order valence-corrected chi connectivity index (χ0v) is 15.5. The lowest BCUT2D eigenvalue weighted by atomic mass is 10.1. The van der Waals surface area contributed by atoms with E-state index in [9.17, 15) is 4.79 Å². The minimum Gasteiger partial charge on any atom is -0.486 e. The standard InChI is InChI=1S/C20H18ClN3O3/c1-24(12-13-3-2-4-15(21)9-13)20(25)16-11-22-23-19(16)14-5-6-17-18(10-14)27-8-7-26-17/h2-6,9-11H,7-8,12H2,1H3,(H,22,23). The van der Waals surface area contributed by atoms with E-state index in [0.29, 0.717) is 47.5 Å². The van der Waals surface area contributed by atoms with E-state index < -0.39 is 0 Å². The number of aromatic amines is 1. The SMILES string of the molecule is CN(Cc1cccc(Cl)c1)C(=O)c1cn[nH]c1-c1ccc2c(c1)OCCO2. The van der Waals surface area contributed by atoms with Gasteiger partial charge >= 0.3 is 0 Å². The molecule has 1 N–H and O–H groups in total. The van der Waals surface area contributed by atoms with Gasteiger partial charge in [0, 0.05) is 24.2 Å². The van der Waals surface area contributed by atoms with Crippen LogP contribution in [0.4, 0.5) is 0 Å². The highest BCUT2D eigenvalue weighted by Gasteiger charge is 2.21. The lowest BCUT2D eigenvalue weighted by molar-refractivity contribution is 0.0786. The van der Waals surface area contributed by atoms with E-state index in [1.165, 1.54) is 0 Å². The van der Waals surface area contributed by atoms with Crippen LogP contribution in [0.15, 0.2) is 48.7 Å². The average Bonchev–Trinajstić information content (AvgIpc) is 3.16. The van der Waals surface area contributed by atoms with Crippen molar-refractivity contribution in [3.8, 4) is 22.8 Å². The molecule has 0 saturated carbocycles. The number of fused-ring (bicyclic) bond motifs is 1. The number of benzene rings is 2. The molecular weight excluding hydrogens is 366 g/mol. The van der Waals surface area contributed by atoms with Crippen molar-refractivity contribution >= 4 is 17.5 Å². The Balaban J connectivity index is 1.58. The topological polar surface area (TPSA) is 67.5 Å². The van der Waals surface area contributed by atoms with Crippen molar-refractivity contribution in [2.75, 3.05) is 20.3 Å². The van der Waals surface area contributed by atoms with E-state index in [0.717, 1.165) is 11.1 Å². The molecule has 0 fully saturated rings. The molecular formula is C20H18ClN3O3. The van der Waals surface area contributed by atoms with Gasteiger partial charge < -0.3 is 14.4 Å². The van der Waals surface area contributed by atoms with Gasteiger partial charge in [0.15, 0.2) is 11.5 Å². The summed E-state index contributed by atoms with van der Waals surface area (Å²) >= 11 is 6.03. The van der Waals surface area contributed by atoms with Gasteiger partial charge in [-0.05, 0) is 35.9 Å². The van der Waals surface area contributed by atoms with Crippen LogP contribution in [0.25, 0.3) is 11.3 Å². The number of hydrogen-bond donors (Lipinski definition) is 1. The maximum absolute atomic E-state index is 13.0. The van der Waals surface area contributed by atoms with E-state index in [4.69, 9.17) is 21.1 Å². The fourth-order valence-electron chi connectivity index (χ4n) is 3.05. The van der Waals surface area contributed by atoms with Crippen molar-refractivity contribution in [2.24, 2.45) is 0 Å². The largest absolute Gasteiger partial charge is 0.486 e. The first-order chi connectivity index (χ1) is 13.1. The molecule has 1 aliphatic heterocycles. The minimum absolute atomic E-state index is 0.131. The van der Waals surface area contributed by atoms with Gasteiger partial charge in [-0.15, -0.1) is 0 Å². The molecule has 1 aromatic heterocycles. The minimum atomic E-state index is -0.131. The Bertz CT molecular complexity index is 986. The molecule has 0 saturated heterocycles. The number of ether oxygens (including phenoxy) is 2. The Hall–Kier alpha value is -2.99. The first-order valence-corrected chi connectivity index (χ1v) is 8.93. The molecule has 0 radical (unpaired) electrons. The molecule has 6 nitrogen and oxygen atoms in total. The van der Waals surface area contributed by atoms with Gasteiger partial charge in [-0.2, -0.15) is 5.10 Å². The summed E-state index contributed by atoms with van der Waals surface area (Å²) < 4.78 is 11.2. The Kier molecular flexibility index (Phi) is 4.73. The summed E-state index contributed by atoms with van der Waals surface area (Å²) in [6, 6.07) is 13.0. The summed E-state index contributed by atoms with van der Waals surface area (Å²) in [7, 11) is 1.75. The van der Waals surface area contributed by atoms with Gasteiger partial charge in [0.05, 0.1) is 17.5 Å². The molecule has 0 unspecified atom stereocenters. The van der Waals surface area contributed by atoms with E-state index in [1.54, 1.807) is 18.1 Å². The third kappa shape index (κ3) is 3.61. The molecule has 4 rings (SSSR count). The highest BCUT2D eigenvalue weighted by atomic mass is 35.5. The van der Waals surface area contributed by atoms with Crippen LogP contribution in [0.1, 0.15) is 15.9 Å². The predicted molar refractivity (Wildman–Crippen MR) is 102 cm³/mol. The number of halogens is 1. The highest BCUT2D eigenvalue weighted by Crippen LogP contribution is 2.35.